The third-order valence-corrected chi connectivity index (χ3v) is 6.47. The minimum Gasteiger partial charge on any atom is -0.493 e. The van der Waals surface area contributed by atoms with E-state index in [2.05, 4.69) is 4.98 Å². The minimum absolute atomic E-state index is 0.00240. The summed E-state index contributed by atoms with van der Waals surface area (Å²) >= 11 is 0. The Hall–Kier alpha value is -4.10. The van der Waals surface area contributed by atoms with Crippen molar-refractivity contribution in [2.45, 2.75) is 31.3 Å². The maximum atomic E-state index is 13.9. The second-order valence-electron chi connectivity index (χ2n) is 9.13. The first-order chi connectivity index (χ1) is 19.2. The average Bonchev–Trinajstić information content (AvgIpc) is 2.91. The van der Waals surface area contributed by atoms with Crippen LogP contribution < -0.4 is 15.0 Å². The highest BCUT2D eigenvalue weighted by Crippen LogP contribution is 2.50. The number of aromatic nitrogens is 2. The van der Waals surface area contributed by atoms with Crippen molar-refractivity contribution >= 4 is 10.9 Å². The fourth-order valence-corrected chi connectivity index (χ4v) is 4.38. The number of hydrogen-bond acceptors (Lipinski definition) is 6. The molecule has 0 unspecified atom stereocenters. The summed E-state index contributed by atoms with van der Waals surface area (Å²) in [5.41, 5.74) is -6.96. The highest BCUT2D eigenvalue weighted by molar-refractivity contribution is 5.82. The van der Waals surface area contributed by atoms with Gasteiger partial charge in [0, 0.05) is 18.1 Å². The molecule has 0 amide bonds. The monoisotopic (exact) mass is 582 g/mol. The van der Waals surface area contributed by atoms with Gasteiger partial charge >= 0.3 is 12.4 Å². The lowest BCUT2D eigenvalue weighted by molar-refractivity contribution is -0.376. The number of aliphatic hydroxyl groups is 2. The summed E-state index contributed by atoms with van der Waals surface area (Å²) in [6.07, 6.45) is -12.3. The van der Waals surface area contributed by atoms with E-state index in [1.807, 2.05) is 0 Å². The molecule has 2 N–H and O–H groups in total. The smallest absolute Gasteiger partial charge is 0.430 e. The molecule has 0 saturated carbocycles. The summed E-state index contributed by atoms with van der Waals surface area (Å²) in [7, 11) is 1.34. The van der Waals surface area contributed by atoms with E-state index in [-0.39, 0.29) is 59.1 Å². The Morgan fingerprint density at radius 3 is 2.17 bits per heavy atom. The molecule has 0 spiro atoms. The number of rotatable bonds is 8. The average molecular weight is 582 g/mol. The summed E-state index contributed by atoms with van der Waals surface area (Å²) in [5, 5.41) is 19.1. The van der Waals surface area contributed by atoms with Crippen molar-refractivity contribution in [1.29, 1.82) is 0 Å². The molecule has 0 fully saturated rings. The van der Waals surface area contributed by atoms with Gasteiger partial charge in [-0.15, -0.1) is 0 Å². The fourth-order valence-electron chi connectivity index (χ4n) is 4.38. The second kappa shape index (κ2) is 11.1. The van der Waals surface area contributed by atoms with Gasteiger partial charge in [-0.3, -0.25) is 9.36 Å². The Balaban J connectivity index is 2.06. The van der Waals surface area contributed by atoms with Gasteiger partial charge in [0.25, 0.3) is 11.2 Å². The molecule has 0 aliphatic rings. The quantitative estimate of drug-likeness (QED) is 0.285. The summed E-state index contributed by atoms with van der Waals surface area (Å²) < 4.78 is 93.9. The molecule has 0 aliphatic heterocycles. The van der Waals surface area contributed by atoms with Crippen LogP contribution in [0.5, 0.6) is 11.5 Å². The minimum atomic E-state index is -6.12. The lowest BCUT2D eigenvalue weighted by Gasteiger charge is -2.33. The molecule has 218 valence electrons. The SMILES string of the molecule is COc1cc2nc(Cc3ccccc3)n(-c3cc(C(O)(C(F)(F)F)C(F)(F)F)ccc3C)c(=O)c2cc1OCCO. The summed E-state index contributed by atoms with van der Waals surface area (Å²) in [4.78, 5) is 18.5. The largest absolute Gasteiger partial charge is 0.493 e. The Labute approximate surface area is 229 Å². The molecule has 7 nitrogen and oxygen atoms in total. The van der Waals surface area contributed by atoms with Crippen molar-refractivity contribution in [3.8, 4) is 17.2 Å². The van der Waals surface area contributed by atoms with Crippen LogP contribution in [0.25, 0.3) is 16.6 Å². The van der Waals surface area contributed by atoms with Crippen LogP contribution in [0.2, 0.25) is 0 Å². The molecule has 0 saturated heterocycles. The molecular weight excluding hydrogens is 558 g/mol. The first-order valence-corrected chi connectivity index (χ1v) is 12.1. The van der Waals surface area contributed by atoms with Gasteiger partial charge in [0.15, 0.2) is 11.5 Å². The van der Waals surface area contributed by atoms with Crippen LogP contribution in [0, 0.1) is 6.92 Å². The van der Waals surface area contributed by atoms with E-state index < -0.39 is 29.1 Å². The molecule has 1 heterocycles. The van der Waals surface area contributed by atoms with Crippen molar-refractivity contribution < 1.29 is 46.0 Å². The summed E-state index contributed by atoms with van der Waals surface area (Å²) in [6, 6.07) is 13.2. The van der Waals surface area contributed by atoms with Crippen molar-refractivity contribution in [3.63, 3.8) is 0 Å². The number of hydrogen-bond donors (Lipinski definition) is 2. The maximum Gasteiger partial charge on any atom is 0.430 e. The number of alkyl halides is 6. The van der Waals surface area contributed by atoms with Crippen LogP contribution in [0.4, 0.5) is 26.3 Å². The zero-order valence-corrected chi connectivity index (χ0v) is 21.7. The predicted molar refractivity (Wildman–Crippen MR) is 136 cm³/mol. The number of ether oxygens (including phenoxy) is 2. The van der Waals surface area contributed by atoms with Gasteiger partial charge in [-0.2, -0.15) is 26.3 Å². The zero-order valence-electron chi connectivity index (χ0n) is 21.7. The third kappa shape index (κ3) is 5.46. The highest BCUT2D eigenvalue weighted by Gasteiger charge is 2.71. The van der Waals surface area contributed by atoms with Gasteiger partial charge in [0.2, 0.25) is 0 Å². The van der Waals surface area contributed by atoms with E-state index in [0.29, 0.717) is 17.7 Å². The number of benzene rings is 3. The van der Waals surface area contributed by atoms with E-state index in [9.17, 15) is 36.2 Å². The lowest BCUT2D eigenvalue weighted by Crippen LogP contribution is -2.54. The molecule has 4 rings (SSSR count). The second-order valence-corrected chi connectivity index (χ2v) is 9.13. The van der Waals surface area contributed by atoms with Crippen LogP contribution in [-0.2, 0) is 12.0 Å². The van der Waals surface area contributed by atoms with Gasteiger partial charge in [-0.25, -0.2) is 4.98 Å². The van der Waals surface area contributed by atoms with E-state index >= 15 is 0 Å². The summed E-state index contributed by atoms with van der Waals surface area (Å²) in [5.74, 6) is 0.242. The Bertz CT molecular complexity index is 1600. The molecular formula is C28H24F6N2O5. The van der Waals surface area contributed by atoms with Crippen LogP contribution in [-0.4, -0.2) is 52.4 Å². The number of aryl methyl sites for hydroxylation is 1. The molecule has 13 heteroatoms. The van der Waals surface area contributed by atoms with Gasteiger partial charge in [-0.05, 0) is 30.2 Å². The van der Waals surface area contributed by atoms with E-state index in [0.717, 1.165) is 10.6 Å². The fraction of sp³-hybridized carbons (Fsp3) is 0.286. The zero-order chi connectivity index (χ0) is 30.2. The van der Waals surface area contributed by atoms with Crippen LogP contribution >= 0.6 is 0 Å². The maximum absolute atomic E-state index is 13.9. The normalized spacial score (nSPS) is 12.5. The van der Waals surface area contributed by atoms with Gasteiger partial charge in [0.05, 0.1) is 30.3 Å². The summed E-state index contributed by atoms with van der Waals surface area (Å²) in [6.45, 7) is 0.892. The first kappa shape index (κ1) is 29.9. The molecule has 3 aromatic carbocycles. The molecule has 4 aromatic rings. The molecule has 0 atom stereocenters. The van der Waals surface area contributed by atoms with Crippen molar-refractivity contribution in [2.24, 2.45) is 0 Å². The van der Waals surface area contributed by atoms with E-state index in [1.54, 1.807) is 30.3 Å². The Morgan fingerprint density at radius 1 is 0.927 bits per heavy atom. The van der Waals surface area contributed by atoms with E-state index in [1.165, 1.54) is 26.2 Å². The molecule has 41 heavy (non-hydrogen) atoms. The van der Waals surface area contributed by atoms with Crippen LogP contribution in [0.15, 0.2) is 65.5 Å². The first-order valence-electron chi connectivity index (χ1n) is 12.1. The highest BCUT2D eigenvalue weighted by atomic mass is 19.4. The van der Waals surface area contributed by atoms with Crippen molar-refractivity contribution in [1.82, 2.24) is 9.55 Å². The number of methoxy groups -OCH3 is 1. The Morgan fingerprint density at radius 2 is 1.59 bits per heavy atom. The standard InChI is InChI=1S/C28H24F6N2O5/c1-16-8-9-18(26(39,27(29,30)31)28(32,33)34)13-21(16)36-24(12-17-6-4-3-5-7-17)35-20-15-22(40-2)23(41-11-10-37)14-19(20)25(36)38/h3-9,13-15,37,39H,10-12H2,1-2H3. The van der Waals surface area contributed by atoms with E-state index in [4.69, 9.17) is 14.6 Å². The molecule has 1 aromatic heterocycles. The molecule has 0 radical (unpaired) electrons. The van der Waals surface area contributed by atoms with Crippen LogP contribution in [0.3, 0.4) is 0 Å². The van der Waals surface area contributed by atoms with Gasteiger partial charge < -0.3 is 19.7 Å². The number of halogens is 6. The topological polar surface area (TPSA) is 93.8 Å². The lowest BCUT2D eigenvalue weighted by atomic mass is 9.91. The number of nitrogens with zero attached hydrogens (tertiary/aromatic N) is 2. The van der Waals surface area contributed by atoms with Gasteiger partial charge in [0.1, 0.15) is 12.4 Å². The predicted octanol–water partition coefficient (Wildman–Crippen LogP) is 4.98. The molecule has 0 aliphatic carbocycles. The number of aliphatic hydroxyl groups excluding tert-OH is 1. The Kier molecular flexibility index (Phi) is 8.05. The van der Waals surface area contributed by atoms with Gasteiger partial charge in [-0.1, -0.05) is 42.5 Å². The third-order valence-electron chi connectivity index (χ3n) is 6.47. The molecule has 0 bridgehead atoms. The van der Waals surface area contributed by atoms with Crippen LogP contribution in [0.1, 0.15) is 22.5 Å². The van der Waals surface area contributed by atoms with Crippen molar-refractivity contribution in [3.05, 3.63) is 93.5 Å². The number of fused-ring (bicyclic) bond motifs is 1. The van der Waals surface area contributed by atoms with Crippen molar-refractivity contribution in [2.75, 3.05) is 20.3 Å².